The van der Waals surface area contributed by atoms with Crippen LogP contribution < -0.4 is 16.0 Å². The van der Waals surface area contributed by atoms with Crippen molar-refractivity contribution in [1.29, 1.82) is 0 Å². The average molecular weight is 381 g/mol. The minimum Gasteiger partial charge on any atom is -0.373 e. The van der Waals surface area contributed by atoms with Gasteiger partial charge in [-0.2, -0.15) is 13.2 Å². The predicted octanol–water partition coefficient (Wildman–Crippen LogP) is 3.32. The lowest BCUT2D eigenvalue weighted by Crippen LogP contribution is -2.58. The van der Waals surface area contributed by atoms with Gasteiger partial charge < -0.3 is 16.0 Å². The highest BCUT2D eigenvalue weighted by Gasteiger charge is 2.43. The summed E-state index contributed by atoms with van der Waals surface area (Å²) in [6.45, 7) is 3.16. The summed E-state index contributed by atoms with van der Waals surface area (Å²) in [5, 5.41) is 9.55. The minimum atomic E-state index is -4.43. The summed E-state index contributed by atoms with van der Waals surface area (Å²) < 4.78 is 39.7. The van der Waals surface area contributed by atoms with Gasteiger partial charge in [0.25, 0.3) is 0 Å². The Kier molecular flexibility index (Phi) is 4.82. The maximum atomic E-state index is 13.2. The molecule has 0 radical (unpaired) electrons. The third-order valence-corrected chi connectivity index (χ3v) is 6.17. The van der Waals surface area contributed by atoms with Crippen LogP contribution in [0.4, 0.5) is 18.9 Å². The number of halogens is 3. The Labute approximate surface area is 157 Å². The summed E-state index contributed by atoms with van der Waals surface area (Å²) in [6, 6.07) is 3.78. The van der Waals surface area contributed by atoms with Crippen LogP contribution >= 0.6 is 0 Å². The van der Waals surface area contributed by atoms with Gasteiger partial charge in [-0.1, -0.05) is 19.1 Å². The molecular formula is C20H26F3N3O. The molecule has 4 nitrogen and oxygen atoms in total. The van der Waals surface area contributed by atoms with E-state index in [-0.39, 0.29) is 30.1 Å². The van der Waals surface area contributed by atoms with E-state index in [0.717, 1.165) is 38.3 Å². The SMILES string of the molecule is CC1CCCNC1C(NC(=O)C1Cc2cccc(C(F)(F)F)c2N1)C1CC1. The van der Waals surface area contributed by atoms with Crippen molar-refractivity contribution in [2.75, 3.05) is 11.9 Å². The maximum absolute atomic E-state index is 13.2. The van der Waals surface area contributed by atoms with Crippen LogP contribution in [0.15, 0.2) is 18.2 Å². The van der Waals surface area contributed by atoms with E-state index < -0.39 is 17.8 Å². The summed E-state index contributed by atoms with van der Waals surface area (Å²) in [6.07, 6.45) is 0.345. The molecular weight excluding hydrogens is 355 g/mol. The Bertz CT molecular complexity index is 717. The number of carbonyl (C=O) groups is 1. The minimum absolute atomic E-state index is 0.0530. The lowest BCUT2D eigenvalue weighted by molar-refractivity contribution is -0.137. The number of alkyl halides is 3. The molecule has 27 heavy (non-hydrogen) atoms. The van der Waals surface area contributed by atoms with Gasteiger partial charge in [0.05, 0.1) is 11.3 Å². The molecule has 0 aromatic heterocycles. The van der Waals surface area contributed by atoms with Crippen molar-refractivity contribution >= 4 is 11.6 Å². The molecule has 2 aliphatic heterocycles. The fraction of sp³-hybridized carbons (Fsp3) is 0.650. The zero-order valence-electron chi connectivity index (χ0n) is 15.4. The van der Waals surface area contributed by atoms with Gasteiger partial charge in [-0.05, 0) is 55.7 Å². The molecule has 1 aromatic rings. The Balaban J connectivity index is 1.47. The maximum Gasteiger partial charge on any atom is 0.418 e. The smallest absolute Gasteiger partial charge is 0.373 e. The van der Waals surface area contributed by atoms with Crippen LogP contribution in [0.25, 0.3) is 0 Å². The molecule has 4 unspecified atom stereocenters. The average Bonchev–Trinajstić information content (AvgIpc) is 3.36. The molecule has 1 aromatic carbocycles. The molecule has 0 spiro atoms. The second-order valence-corrected chi connectivity index (χ2v) is 8.21. The van der Waals surface area contributed by atoms with E-state index in [9.17, 15) is 18.0 Å². The molecule has 2 heterocycles. The topological polar surface area (TPSA) is 53.2 Å². The van der Waals surface area contributed by atoms with Crippen LogP contribution in [-0.2, 0) is 17.4 Å². The van der Waals surface area contributed by atoms with Gasteiger partial charge >= 0.3 is 6.18 Å². The number of fused-ring (bicyclic) bond motifs is 1. The summed E-state index contributed by atoms with van der Waals surface area (Å²) in [7, 11) is 0. The van der Waals surface area contributed by atoms with Gasteiger partial charge in [0, 0.05) is 18.5 Å². The molecule has 1 amide bonds. The van der Waals surface area contributed by atoms with Crippen molar-refractivity contribution in [3.8, 4) is 0 Å². The number of rotatable bonds is 4. The van der Waals surface area contributed by atoms with Crippen LogP contribution in [0, 0.1) is 11.8 Å². The van der Waals surface area contributed by atoms with Crippen LogP contribution in [0.3, 0.4) is 0 Å². The first-order chi connectivity index (χ1) is 12.8. The number of carbonyl (C=O) groups excluding carboxylic acids is 1. The number of amides is 1. The van der Waals surface area contributed by atoms with Gasteiger partial charge in [0.15, 0.2) is 0 Å². The monoisotopic (exact) mass is 381 g/mol. The highest BCUT2D eigenvalue weighted by molar-refractivity contribution is 5.88. The fourth-order valence-electron chi connectivity index (χ4n) is 4.56. The number of nitrogens with one attached hydrogen (secondary N) is 3. The Morgan fingerprint density at radius 1 is 1.26 bits per heavy atom. The summed E-state index contributed by atoms with van der Waals surface area (Å²) in [5.41, 5.74) is -0.0917. The molecule has 1 aliphatic carbocycles. The zero-order valence-corrected chi connectivity index (χ0v) is 15.4. The number of hydrogen-bond donors (Lipinski definition) is 3. The molecule has 4 atom stereocenters. The molecule has 148 valence electrons. The highest BCUT2D eigenvalue weighted by atomic mass is 19.4. The Morgan fingerprint density at radius 2 is 2.04 bits per heavy atom. The van der Waals surface area contributed by atoms with Crippen molar-refractivity contribution < 1.29 is 18.0 Å². The van der Waals surface area contributed by atoms with Crippen molar-refractivity contribution in [1.82, 2.24) is 10.6 Å². The van der Waals surface area contributed by atoms with E-state index in [2.05, 4.69) is 22.9 Å². The van der Waals surface area contributed by atoms with E-state index in [4.69, 9.17) is 0 Å². The lowest BCUT2D eigenvalue weighted by Gasteiger charge is -2.37. The first-order valence-corrected chi connectivity index (χ1v) is 9.84. The standard InChI is InChI=1S/C20H26F3N3O/c1-11-4-3-9-24-16(11)18(12-7-8-12)26-19(27)15-10-13-5-2-6-14(17(13)25-15)20(21,22)23/h2,5-6,11-12,15-16,18,24-25H,3-4,7-10H2,1H3,(H,26,27). The molecule has 1 saturated heterocycles. The quantitative estimate of drug-likeness (QED) is 0.750. The summed E-state index contributed by atoms with van der Waals surface area (Å²) in [4.78, 5) is 12.9. The molecule has 0 bridgehead atoms. The number of para-hydroxylation sites is 1. The van der Waals surface area contributed by atoms with Crippen LogP contribution in [0.1, 0.15) is 43.7 Å². The second kappa shape index (κ2) is 7.00. The Hall–Kier alpha value is -1.76. The van der Waals surface area contributed by atoms with Crippen molar-refractivity contribution in [3.05, 3.63) is 29.3 Å². The van der Waals surface area contributed by atoms with Crippen LogP contribution in [0.5, 0.6) is 0 Å². The van der Waals surface area contributed by atoms with Gasteiger partial charge in [-0.15, -0.1) is 0 Å². The van der Waals surface area contributed by atoms with Crippen LogP contribution in [0.2, 0.25) is 0 Å². The first-order valence-electron chi connectivity index (χ1n) is 9.84. The van der Waals surface area contributed by atoms with E-state index in [1.807, 2.05) is 0 Å². The molecule has 3 aliphatic rings. The number of hydrogen-bond acceptors (Lipinski definition) is 3. The third-order valence-electron chi connectivity index (χ3n) is 6.17. The third kappa shape index (κ3) is 3.79. The van der Waals surface area contributed by atoms with E-state index in [1.54, 1.807) is 6.07 Å². The van der Waals surface area contributed by atoms with Gasteiger partial charge in [0.2, 0.25) is 5.91 Å². The molecule has 3 N–H and O–H groups in total. The van der Waals surface area contributed by atoms with Gasteiger partial charge in [-0.3, -0.25) is 4.79 Å². The normalized spacial score (nSPS) is 29.0. The van der Waals surface area contributed by atoms with E-state index in [0.29, 0.717) is 17.4 Å². The van der Waals surface area contributed by atoms with Crippen LogP contribution in [-0.4, -0.2) is 30.6 Å². The predicted molar refractivity (Wildman–Crippen MR) is 97.4 cm³/mol. The largest absolute Gasteiger partial charge is 0.418 e. The number of benzene rings is 1. The molecule has 4 rings (SSSR count). The summed E-state index contributed by atoms with van der Waals surface area (Å²) >= 11 is 0. The fourth-order valence-corrected chi connectivity index (χ4v) is 4.56. The van der Waals surface area contributed by atoms with Gasteiger partial charge in [0.1, 0.15) is 6.04 Å². The first kappa shape index (κ1) is 18.6. The number of piperidine rings is 1. The number of anilines is 1. The van der Waals surface area contributed by atoms with Crippen molar-refractivity contribution in [3.63, 3.8) is 0 Å². The Morgan fingerprint density at radius 3 is 2.70 bits per heavy atom. The van der Waals surface area contributed by atoms with E-state index >= 15 is 0 Å². The summed E-state index contributed by atoms with van der Waals surface area (Å²) in [5.74, 6) is 0.757. The van der Waals surface area contributed by atoms with Gasteiger partial charge in [-0.25, -0.2) is 0 Å². The van der Waals surface area contributed by atoms with Crippen molar-refractivity contribution in [2.24, 2.45) is 11.8 Å². The highest BCUT2D eigenvalue weighted by Crippen LogP contribution is 2.40. The van der Waals surface area contributed by atoms with Crippen molar-refractivity contribution in [2.45, 2.75) is 63.3 Å². The second-order valence-electron chi connectivity index (χ2n) is 8.21. The zero-order chi connectivity index (χ0) is 19.2. The lowest BCUT2D eigenvalue weighted by atomic mass is 9.85. The molecule has 2 fully saturated rings. The molecule has 7 heteroatoms. The van der Waals surface area contributed by atoms with E-state index in [1.165, 1.54) is 6.07 Å². The molecule has 1 saturated carbocycles.